The first-order chi connectivity index (χ1) is 8.03. The monoisotopic (exact) mass is 360 g/mol. The van der Waals surface area contributed by atoms with Crippen molar-refractivity contribution in [2.45, 2.75) is 32.2 Å². The average Bonchev–Trinajstić information content (AvgIpc) is 2.74. The largest absolute Gasteiger partial charge is 0.323 e. The van der Waals surface area contributed by atoms with Gasteiger partial charge >= 0.3 is 0 Å². The zero-order valence-electron chi connectivity index (χ0n) is 9.87. The van der Waals surface area contributed by atoms with Gasteiger partial charge in [0.25, 0.3) is 0 Å². The molecule has 90 valence electrons. The Labute approximate surface area is 120 Å². The van der Waals surface area contributed by atoms with E-state index in [0.717, 1.165) is 11.3 Å². The summed E-state index contributed by atoms with van der Waals surface area (Å²) in [5, 5.41) is 0. The maximum Gasteiger partial charge on any atom is 0.125 e. The first-order valence-electron chi connectivity index (χ1n) is 5.75. The Morgan fingerprint density at radius 2 is 2.24 bits per heavy atom. The molecule has 0 amide bonds. The molecule has 0 aliphatic heterocycles. The molecular formula is C13H14ClIN2. The first kappa shape index (κ1) is 11.8. The van der Waals surface area contributed by atoms with E-state index in [9.17, 15) is 0 Å². The number of benzene rings is 1. The SMILES string of the molecule is CC1(C)CC1n1c(CCl)nc2cc(I)ccc21. The second-order valence-electron chi connectivity index (χ2n) is 5.37. The zero-order chi connectivity index (χ0) is 12.2. The second kappa shape index (κ2) is 3.85. The number of fused-ring (bicyclic) bond motifs is 1. The van der Waals surface area contributed by atoms with Gasteiger partial charge in [-0.25, -0.2) is 4.98 Å². The molecule has 2 aromatic rings. The van der Waals surface area contributed by atoms with E-state index in [1.165, 1.54) is 15.5 Å². The summed E-state index contributed by atoms with van der Waals surface area (Å²) in [7, 11) is 0. The highest BCUT2D eigenvalue weighted by Crippen LogP contribution is 2.56. The van der Waals surface area contributed by atoms with Crippen molar-refractivity contribution in [2.24, 2.45) is 5.41 Å². The Morgan fingerprint density at radius 3 is 2.82 bits per heavy atom. The van der Waals surface area contributed by atoms with Crippen molar-refractivity contribution in [1.82, 2.24) is 9.55 Å². The molecule has 0 spiro atoms. The summed E-state index contributed by atoms with van der Waals surface area (Å²) in [5.41, 5.74) is 2.67. The quantitative estimate of drug-likeness (QED) is 0.575. The highest BCUT2D eigenvalue weighted by Gasteiger charge is 2.48. The Kier molecular flexibility index (Phi) is 2.67. The summed E-state index contributed by atoms with van der Waals surface area (Å²) < 4.78 is 3.55. The molecule has 1 aromatic carbocycles. The van der Waals surface area contributed by atoms with Crippen molar-refractivity contribution in [2.75, 3.05) is 0 Å². The number of imidazole rings is 1. The number of hydrogen-bond donors (Lipinski definition) is 0. The third-order valence-electron chi connectivity index (χ3n) is 3.62. The molecule has 0 saturated heterocycles. The van der Waals surface area contributed by atoms with Crippen LogP contribution in [0.2, 0.25) is 0 Å². The fourth-order valence-corrected chi connectivity index (χ4v) is 3.11. The molecule has 1 unspecified atom stereocenters. The summed E-state index contributed by atoms with van der Waals surface area (Å²) in [6.45, 7) is 4.60. The van der Waals surface area contributed by atoms with Gasteiger partial charge in [-0.3, -0.25) is 0 Å². The average molecular weight is 361 g/mol. The van der Waals surface area contributed by atoms with E-state index < -0.39 is 0 Å². The molecule has 0 radical (unpaired) electrons. The van der Waals surface area contributed by atoms with Crippen LogP contribution in [0, 0.1) is 8.99 Å². The van der Waals surface area contributed by atoms with Crippen molar-refractivity contribution < 1.29 is 0 Å². The summed E-state index contributed by atoms with van der Waals surface area (Å²) in [4.78, 5) is 4.65. The molecule has 2 nitrogen and oxygen atoms in total. The summed E-state index contributed by atoms with van der Waals surface area (Å²) >= 11 is 8.34. The standard InChI is InChI=1S/C13H14ClIN2/c1-13(2)6-11(13)17-10-4-3-8(15)5-9(10)16-12(17)7-14/h3-5,11H,6-7H2,1-2H3. The van der Waals surface area contributed by atoms with Gasteiger partial charge in [-0.05, 0) is 52.6 Å². The topological polar surface area (TPSA) is 17.8 Å². The van der Waals surface area contributed by atoms with E-state index in [2.05, 4.69) is 64.2 Å². The van der Waals surface area contributed by atoms with Gasteiger partial charge in [-0.1, -0.05) is 13.8 Å². The van der Waals surface area contributed by atoms with Gasteiger partial charge in [-0.2, -0.15) is 0 Å². The van der Waals surface area contributed by atoms with E-state index in [1.54, 1.807) is 0 Å². The lowest BCUT2D eigenvalue weighted by Crippen LogP contribution is -2.04. The predicted octanol–water partition coefficient (Wildman–Crippen LogP) is 4.35. The molecule has 1 fully saturated rings. The Bertz CT molecular complexity index is 588. The lowest BCUT2D eigenvalue weighted by molar-refractivity contribution is 0.540. The predicted molar refractivity (Wildman–Crippen MR) is 79.4 cm³/mol. The van der Waals surface area contributed by atoms with Crippen molar-refractivity contribution in [3.63, 3.8) is 0 Å². The van der Waals surface area contributed by atoms with E-state index in [0.29, 0.717) is 17.3 Å². The molecule has 4 heteroatoms. The van der Waals surface area contributed by atoms with Crippen LogP contribution in [0.5, 0.6) is 0 Å². The fraction of sp³-hybridized carbons (Fsp3) is 0.462. The van der Waals surface area contributed by atoms with E-state index >= 15 is 0 Å². The van der Waals surface area contributed by atoms with Crippen LogP contribution in [0.4, 0.5) is 0 Å². The van der Waals surface area contributed by atoms with Gasteiger partial charge in [0.1, 0.15) is 5.82 Å². The Morgan fingerprint density at radius 1 is 1.53 bits per heavy atom. The van der Waals surface area contributed by atoms with Crippen molar-refractivity contribution in [3.05, 3.63) is 27.6 Å². The maximum atomic E-state index is 6.02. The smallest absolute Gasteiger partial charge is 0.125 e. The van der Waals surface area contributed by atoms with Crippen molar-refractivity contribution >= 4 is 45.2 Å². The second-order valence-corrected chi connectivity index (χ2v) is 6.89. The van der Waals surface area contributed by atoms with Crippen molar-refractivity contribution in [3.8, 4) is 0 Å². The van der Waals surface area contributed by atoms with Crippen LogP contribution in [0.3, 0.4) is 0 Å². The molecule has 0 N–H and O–H groups in total. The molecule has 17 heavy (non-hydrogen) atoms. The molecule has 1 atom stereocenters. The molecule has 1 saturated carbocycles. The first-order valence-corrected chi connectivity index (χ1v) is 7.36. The number of nitrogens with zero attached hydrogens (tertiary/aromatic N) is 2. The van der Waals surface area contributed by atoms with Gasteiger partial charge in [0.05, 0.1) is 16.9 Å². The fourth-order valence-electron chi connectivity index (χ4n) is 2.44. The molecule has 3 rings (SSSR count). The lowest BCUT2D eigenvalue weighted by Gasteiger charge is -2.09. The minimum absolute atomic E-state index is 0.386. The van der Waals surface area contributed by atoms with Gasteiger partial charge in [0.2, 0.25) is 0 Å². The maximum absolute atomic E-state index is 6.02. The summed E-state index contributed by atoms with van der Waals surface area (Å²) in [6.07, 6.45) is 1.22. The number of aromatic nitrogens is 2. The van der Waals surface area contributed by atoms with Gasteiger partial charge in [0.15, 0.2) is 0 Å². The van der Waals surface area contributed by atoms with E-state index in [-0.39, 0.29) is 0 Å². The Hall–Kier alpha value is -0.290. The minimum Gasteiger partial charge on any atom is -0.323 e. The highest BCUT2D eigenvalue weighted by atomic mass is 127. The van der Waals surface area contributed by atoms with E-state index in [1.807, 2.05) is 0 Å². The van der Waals surface area contributed by atoms with Gasteiger partial charge in [-0.15, -0.1) is 11.6 Å². The van der Waals surface area contributed by atoms with Crippen LogP contribution < -0.4 is 0 Å². The zero-order valence-corrected chi connectivity index (χ0v) is 12.8. The van der Waals surface area contributed by atoms with Crippen LogP contribution in [0.15, 0.2) is 18.2 Å². The lowest BCUT2D eigenvalue weighted by atomic mass is 10.2. The molecule has 1 aliphatic rings. The van der Waals surface area contributed by atoms with Crippen molar-refractivity contribution in [1.29, 1.82) is 0 Å². The van der Waals surface area contributed by atoms with Crippen LogP contribution in [0.25, 0.3) is 11.0 Å². The van der Waals surface area contributed by atoms with Gasteiger partial charge in [0, 0.05) is 9.61 Å². The molecule has 0 bridgehead atoms. The van der Waals surface area contributed by atoms with Crippen LogP contribution in [-0.2, 0) is 5.88 Å². The van der Waals surface area contributed by atoms with E-state index in [4.69, 9.17) is 11.6 Å². The summed E-state index contributed by atoms with van der Waals surface area (Å²) in [6, 6.07) is 6.97. The third kappa shape index (κ3) is 1.87. The molecule has 1 aromatic heterocycles. The number of hydrogen-bond acceptors (Lipinski definition) is 1. The molecular weight excluding hydrogens is 347 g/mol. The number of alkyl halides is 1. The van der Waals surface area contributed by atoms with Gasteiger partial charge < -0.3 is 4.57 Å². The Balaban J connectivity index is 2.21. The molecule has 1 aliphatic carbocycles. The highest BCUT2D eigenvalue weighted by molar-refractivity contribution is 14.1. The summed E-state index contributed by atoms with van der Waals surface area (Å²) in [5.74, 6) is 1.48. The third-order valence-corrected chi connectivity index (χ3v) is 4.53. The molecule has 1 heterocycles. The van der Waals surface area contributed by atoms with Crippen LogP contribution >= 0.6 is 34.2 Å². The van der Waals surface area contributed by atoms with Crippen LogP contribution in [-0.4, -0.2) is 9.55 Å². The minimum atomic E-state index is 0.386. The van der Waals surface area contributed by atoms with Crippen LogP contribution in [0.1, 0.15) is 32.1 Å². The number of halogens is 2. The number of rotatable bonds is 2. The normalized spacial score (nSPS) is 22.0.